The van der Waals surface area contributed by atoms with Crippen LogP contribution in [-0.4, -0.2) is 59.6 Å². The van der Waals surface area contributed by atoms with Crippen molar-refractivity contribution in [1.29, 1.82) is 0 Å². The van der Waals surface area contributed by atoms with Gasteiger partial charge in [-0.25, -0.2) is 0 Å². The highest BCUT2D eigenvalue weighted by Crippen LogP contribution is 2.23. The summed E-state index contributed by atoms with van der Waals surface area (Å²) in [5.74, 6) is -0.765. The van der Waals surface area contributed by atoms with E-state index < -0.39 is 0 Å². The van der Waals surface area contributed by atoms with Crippen LogP contribution in [0.15, 0.2) is 24.3 Å². The van der Waals surface area contributed by atoms with Crippen LogP contribution in [0.5, 0.6) is 0 Å². The van der Waals surface area contributed by atoms with E-state index in [2.05, 4.69) is 5.32 Å². The Hall–Kier alpha value is -2.70. The maximum absolute atomic E-state index is 12.4. The van der Waals surface area contributed by atoms with Crippen LogP contribution in [0.4, 0.5) is 0 Å². The van der Waals surface area contributed by atoms with Crippen LogP contribution in [0.1, 0.15) is 46.9 Å². The lowest BCUT2D eigenvalue weighted by atomic mass is 9.95. The van der Waals surface area contributed by atoms with E-state index in [1.807, 2.05) is 6.92 Å². The number of hydrogen-bond donors (Lipinski definition) is 1. The third-order valence-electron chi connectivity index (χ3n) is 5.00. The maximum atomic E-state index is 12.4. The Labute approximate surface area is 152 Å². The van der Waals surface area contributed by atoms with Gasteiger partial charge in [-0.15, -0.1) is 0 Å². The SMILES string of the molecule is CCNC(=O)C1CCN(C(=O)CCN2C(=O)c3ccccc3C2=O)CC1. The first kappa shape index (κ1) is 18.1. The van der Waals surface area contributed by atoms with E-state index in [0.29, 0.717) is 43.6 Å². The van der Waals surface area contributed by atoms with E-state index in [1.54, 1.807) is 29.2 Å². The Morgan fingerprint density at radius 3 is 2.19 bits per heavy atom. The molecule has 0 aliphatic carbocycles. The number of nitrogens with zero attached hydrogens (tertiary/aromatic N) is 2. The van der Waals surface area contributed by atoms with Gasteiger partial charge in [-0.1, -0.05) is 12.1 Å². The van der Waals surface area contributed by atoms with E-state index in [-0.39, 0.29) is 42.5 Å². The summed E-state index contributed by atoms with van der Waals surface area (Å²) in [6, 6.07) is 6.70. The number of imide groups is 1. The van der Waals surface area contributed by atoms with Gasteiger partial charge in [0.1, 0.15) is 0 Å². The van der Waals surface area contributed by atoms with Crippen molar-refractivity contribution >= 4 is 23.6 Å². The van der Waals surface area contributed by atoms with Crippen molar-refractivity contribution in [2.24, 2.45) is 5.92 Å². The molecule has 3 rings (SSSR count). The number of piperidine rings is 1. The summed E-state index contributed by atoms with van der Waals surface area (Å²) in [6.07, 6.45) is 1.40. The maximum Gasteiger partial charge on any atom is 0.261 e. The van der Waals surface area contributed by atoms with Crippen LogP contribution < -0.4 is 5.32 Å². The predicted molar refractivity (Wildman–Crippen MR) is 94.4 cm³/mol. The summed E-state index contributed by atoms with van der Waals surface area (Å²) < 4.78 is 0. The minimum Gasteiger partial charge on any atom is -0.356 e. The van der Waals surface area contributed by atoms with E-state index in [9.17, 15) is 19.2 Å². The van der Waals surface area contributed by atoms with Gasteiger partial charge in [0.05, 0.1) is 11.1 Å². The summed E-state index contributed by atoms with van der Waals surface area (Å²) >= 11 is 0. The lowest BCUT2D eigenvalue weighted by molar-refractivity contribution is -0.135. The summed E-state index contributed by atoms with van der Waals surface area (Å²) in [4.78, 5) is 51.8. The predicted octanol–water partition coefficient (Wildman–Crippen LogP) is 1.05. The van der Waals surface area contributed by atoms with Gasteiger partial charge in [0.2, 0.25) is 11.8 Å². The lowest BCUT2D eigenvalue weighted by Gasteiger charge is -2.31. The number of amides is 4. The van der Waals surface area contributed by atoms with Crippen molar-refractivity contribution in [3.63, 3.8) is 0 Å². The molecular weight excluding hydrogens is 334 g/mol. The average Bonchev–Trinajstić information content (AvgIpc) is 2.91. The quantitative estimate of drug-likeness (QED) is 0.798. The summed E-state index contributed by atoms with van der Waals surface area (Å²) in [5, 5.41) is 2.82. The standard InChI is InChI=1S/C19H23N3O4/c1-2-20-17(24)13-7-10-21(11-8-13)16(23)9-12-22-18(25)14-5-3-4-6-15(14)19(22)26/h3-6,13H,2,7-12H2,1H3,(H,20,24). The highest BCUT2D eigenvalue weighted by atomic mass is 16.2. The van der Waals surface area contributed by atoms with Crippen LogP contribution in [0.3, 0.4) is 0 Å². The third kappa shape index (κ3) is 3.47. The molecule has 1 aromatic carbocycles. The first-order valence-corrected chi connectivity index (χ1v) is 9.03. The molecule has 1 fully saturated rings. The molecule has 0 saturated carbocycles. The molecule has 7 heteroatoms. The smallest absolute Gasteiger partial charge is 0.261 e. The molecule has 4 amide bonds. The van der Waals surface area contributed by atoms with Crippen LogP contribution in [0, 0.1) is 5.92 Å². The van der Waals surface area contributed by atoms with E-state index in [0.717, 1.165) is 4.90 Å². The van der Waals surface area contributed by atoms with Crippen LogP contribution >= 0.6 is 0 Å². The summed E-state index contributed by atoms with van der Waals surface area (Å²) in [6.45, 7) is 3.64. The van der Waals surface area contributed by atoms with Crippen molar-refractivity contribution < 1.29 is 19.2 Å². The minimum absolute atomic E-state index is 0.0461. The highest BCUT2D eigenvalue weighted by Gasteiger charge is 2.35. The Morgan fingerprint density at radius 1 is 1.08 bits per heavy atom. The molecule has 1 N–H and O–H groups in total. The molecule has 26 heavy (non-hydrogen) atoms. The van der Waals surface area contributed by atoms with Crippen LogP contribution in [0.2, 0.25) is 0 Å². The number of carbonyl (C=O) groups excluding carboxylic acids is 4. The average molecular weight is 357 g/mol. The van der Waals surface area contributed by atoms with Gasteiger partial charge >= 0.3 is 0 Å². The van der Waals surface area contributed by atoms with Gasteiger partial charge in [-0.05, 0) is 31.9 Å². The third-order valence-corrected chi connectivity index (χ3v) is 5.00. The van der Waals surface area contributed by atoms with Gasteiger partial charge < -0.3 is 10.2 Å². The number of hydrogen-bond acceptors (Lipinski definition) is 4. The zero-order valence-electron chi connectivity index (χ0n) is 14.9. The van der Waals surface area contributed by atoms with Gasteiger partial charge in [0, 0.05) is 38.5 Å². The van der Waals surface area contributed by atoms with Crippen LogP contribution in [0.25, 0.3) is 0 Å². The molecule has 2 aliphatic rings. The number of carbonyl (C=O) groups is 4. The van der Waals surface area contributed by atoms with Crippen LogP contribution in [-0.2, 0) is 9.59 Å². The molecule has 0 bridgehead atoms. The Kier molecular flexibility index (Phi) is 5.35. The fraction of sp³-hybridized carbons (Fsp3) is 0.474. The molecule has 2 aliphatic heterocycles. The number of fused-ring (bicyclic) bond motifs is 1. The monoisotopic (exact) mass is 357 g/mol. The second-order valence-corrected chi connectivity index (χ2v) is 6.61. The Morgan fingerprint density at radius 2 is 1.65 bits per heavy atom. The number of benzene rings is 1. The largest absolute Gasteiger partial charge is 0.356 e. The number of likely N-dealkylation sites (tertiary alicyclic amines) is 1. The van der Waals surface area contributed by atoms with Crippen molar-refractivity contribution in [3.8, 4) is 0 Å². The van der Waals surface area contributed by atoms with E-state index >= 15 is 0 Å². The molecular formula is C19H23N3O4. The zero-order chi connectivity index (χ0) is 18.7. The van der Waals surface area contributed by atoms with Gasteiger partial charge in [-0.3, -0.25) is 24.1 Å². The molecule has 1 saturated heterocycles. The molecule has 0 spiro atoms. The first-order chi connectivity index (χ1) is 12.5. The normalized spacial score (nSPS) is 17.4. The van der Waals surface area contributed by atoms with E-state index in [4.69, 9.17) is 0 Å². The molecule has 0 unspecified atom stereocenters. The minimum atomic E-state index is -0.339. The summed E-state index contributed by atoms with van der Waals surface area (Å²) in [7, 11) is 0. The molecule has 0 radical (unpaired) electrons. The first-order valence-electron chi connectivity index (χ1n) is 9.03. The van der Waals surface area contributed by atoms with Gasteiger partial charge in [0.25, 0.3) is 11.8 Å². The Balaban J connectivity index is 1.51. The molecule has 0 atom stereocenters. The zero-order valence-corrected chi connectivity index (χ0v) is 14.9. The van der Waals surface area contributed by atoms with Gasteiger partial charge in [-0.2, -0.15) is 0 Å². The van der Waals surface area contributed by atoms with Gasteiger partial charge in [0.15, 0.2) is 0 Å². The highest BCUT2D eigenvalue weighted by molar-refractivity contribution is 6.21. The molecule has 0 aromatic heterocycles. The van der Waals surface area contributed by atoms with E-state index in [1.165, 1.54) is 0 Å². The van der Waals surface area contributed by atoms with Crippen molar-refractivity contribution in [3.05, 3.63) is 35.4 Å². The topological polar surface area (TPSA) is 86.8 Å². The molecule has 1 aromatic rings. The fourth-order valence-corrected chi connectivity index (χ4v) is 3.52. The second kappa shape index (κ2) is 7.68. The molecule has 2 heterocycles. The fourth-order valence-electron chi connectivity index (χ4n) is 3.52. The van der Waals surface area contributed by atoms with Crippen molar-refractivity contribution in [2.45, 2.75) is 26.2 Å². The van der Waals surface area contributed by atoms with Crippen molar-refractivity contribution in [1.82, 2.24) is 15.1 Å². The summed E-state index contributed by atoms with van der Waals surface area (Å²) in [5.41, 5.74) is 0.792. The second-order valence-electron chi connectivity index (χ2n) is 6.61. The Bertz CT molecular complexity index is 703. The molecule has 7 nitrogen and oxygen atoms in total. The number of nitrogens with one attached hydrogen (secondary N) is 1. The van der Waals surface area contributed by atoms with Crippen molar-refractivity contribution in [2.75, 3.05) is 26.2 Å². The number of rotatable bonds is 5. The molecule has 138 valence electrons. The lowest BCUT2D eigenvalue weighted by Crippen LogP contribution is -2.44.